The van der Waals surface area contributed by atoms with Crippen LogP contribution in [0, 0.1) is 6.92 Å². The minimum absolute atomic E-state index is 0.876. The SMILES string of the molecule is COc1cc2ccnc(Br)c2cc1C. The number of benzene rings is 1. The standard InChI is InChI=1S/C11H10BrNO/c1-7-5-9-8(6-10(7)14-2)3-4-13-11(9)12/h3-6H,1-2H3. The number of pyridine rings is 1. The molecule has 0 saturated heterocycles. The first-order valence-electron chi connectivity index (χ1n) is 4.31. The van der Waals surface area contributed by atoms with Gasteiger partial charge in [0.1, 0.15) is 10.4 Å². The average Bonchev–Trinajstić information content (AvgIpc) is 2.19. The Morgan fingerprint density at radius 2 is 2.14 bits per heavy atom. The fourth-order valence-electron chi connectivity index (χ4n) is 1.49. The molecule has 2 nitrogen and oxygen atoms in total. The number of ether oxygens (including phenoxy) is 1. The predicted molar refractivity (Wildman–Crippen MR) is 60.7 cm³/mol. The van der Waals surface area contributed by atoms with Gasteiger partial charge in [0.15, 0.2) is 0 Å². The molecule has 0 N–H and O–H groups in total. The van der Waals surface area contributed by atoms with E-state index in [1.54, 1.807) is 13.3 Å². The van der Waals surface area contributed by atoms with Crippen LogP contribution in [0.15, 0.2) is 29.0 Å². The third-order valence-corrected chi connectivity index (χ3v) is 2.86. The Bertz CT molecular complexity index is 482. The summed E-state index contributed by atoms with van der Waals surface area (Å²) in [5, 5.41) is 2.25. The first kappa shape index (κ1) is 9.46. The third-order valence-electron chi connectivity index (χ3n) is 2.23. The Balaban J connectivity index is 2.79. The number of hydrogen-bond acceptors (Lipinski definition) is 2. The van der Waals surface area contributed by atoms with Gasteiger partial charge in [0, 0.05) is 11.6 Å². The molecule has 1 aromatic heterocycles. The van der Waals surface area contributed by atoms with E-state index in [9.17, 15) is 0 Å². The van der Waals surface area contributed by atoms with Crippen LogP contribution >= 0.6 is 15.9 Å². The quantitative estimate of drug-likeness (QED) is 0.726. The van der Waals surface area contributed by atoms with Crippen LogP contribution in [0.5, 0.6) is 5.75 Å². The number of rotatable bonds is 1. The normalized spacial score (nSPS) is 10.5. The van der Waals surface area contributed by atoms with Gasteiger partial charge in [-0.2, -0.15) is 0 Å². The molecule has 0 unspecified atom stereocenters. The van der Waals surface area contributed by atoms with Gasteiger partial charge in [0.2, 0.25) is 0 Å². The average molecular weight is 252 g/mol. The fraction of sp³-hybridized carbons (Fsp3) is 0.182. The van der Waals surface area contributed by atoms with Gasteiger partial charge >= 0.3 is 0 Å². The highest BCUT2D eigenvalue weighted by atomic mass is 79.9. The molecule has 0 fully saturated rings. The zero-order chi connectivity index (χ0) is 10.1. The highest BCUT2D eigenvalue weighted by Crippen LogP contribution is 2.28. The van der Waals surface area contributed by atoms with Crippen molar-refractivity contribution in [1.29, 1.82) is 0 Å². The summed E-state index contributed by atoms with van der Waals surface area (Å²) in [6.07, 6.45) is 1.78. The number of fused-ring (bicyclic) bond motifs is 1. The van der Waals surface area contributed by atoms with Crippen molar-refractivity contribution in [3.8, 4) is 5.75 Å². The lowest BCUT2D eigenvalue weighted by Gasteiger charge is -2.07. The molecule has 0 aliphatic heterocycles. The minimum Gasteiger partial charge on any atom is -0.496 e. The molecule has 0 bridgehead atoms. The Kier molecular flexibility index (Phi) is 2.42. The van der Waals surface area contributed by atoms with Crippen molar-refractivity contribution >= 4 is 26.7 Å². The molecule has 0 saturated carbocycles. The molecule has 3 heteroatoms. The van der Waals surface area contributed by atoms with E-state index in [0.717, 1.165) is 26.7 Å². The zero-order valence-electron chi connectivity index (χ0n) is 8.04. The molecule has 14 heavy (non-hydrogen) atoms. The topological polar surface area (TPSA) is 22.1 Å². The summed E-state index contributed by atoms with van der Waals surface area (Å²) < 4.78 is 6.13. The lowest BCUT2D eigenvalue weighted by atomic mass is 10.1. The maximum atomic E-state index is 5.26. The summed E-state index contributed by atoms with van der Waals surface area (Å²) in [6.45, 7) is 2.03. The van der Waals surface area contributed by atoms with Crippen LogP contribution in [0.4, 0.5) is 0 Å². The summed E-state index contributed by atoms with van der Waals surface area (Å²) in [4.78, 5) is 4.18. The molecule has 0 amide bonds. The summed E-state index contributed by atoms with van der Waals surface area (Å²) in [5.74, 6) is 0.913. The fourth-order valence-corrected chi connectivity index (χ4v) is 1.95. The monoisotopic (exact) mass is 251 g/mol. The van der Waals surface area contributed by atoms with Crippen LogP contribution in [-0.2, 0) is 0 Å². The molecule has 2 aromatic rings. The zero-order valence-corrected chi connectivity index (χ0v) is 9.63. The molecule has 2 rings (SSSR count). The second-order valence-corrected chi connectivity index (χ2v) is 3.90. The van der Waals surface area contributed by atoms with E-state index >= 15 is 0 Å². The van der Waals surface area contributed by atoms with E-state index < -0.39 is 0 Å². The van der Waals surface area contributed by atoms with Crippen molar-refractivity contribution in [2.75, 3.05) is 7.11 Å². The molecule has 1 heterocycles. The van der Waals surface area contributed by atoms with Crippen molar-refractivity contribution in [2.24, 2.45) is 0 Å². The van der Waals surface area contributed by atoms with Gasteiger partial charge in [-0.25, -0.2) is 4.98 Å². The molecule has 0 aliphatic rings. The smallest absolute Gasteiger partial charge is 0.122 e. The largest absolute Gasteiger partial charge is 0.496 e. The second kappa shape index (κ2) is 3.58. The maximum Gasteiger partial charge on any atom is 0.122 e. The van der Waals surface area contributed by atoms with Gasteiger partial charge in [-0.3, -0.25) is 0 Å². The molecular weight excluding hydrogens is 242 g/mol. The van der Waals surface area contributed by atoms with Crippen LogP contribution in [-0.4, -0.2) is 12.1 Å². The lowest BCUT2D eigenvalue weighted by molar-refractivity contribution is 0.412. The molecule has 0 radical (unpaired) electrons. The van der Waals surface area contributed by atoms with Crippen molar-refractivity contribution in [1.82, 2.24) is 4.98 Å². The highest BCUT2D eigenvalue weighted by molar-refractivity contribution is 9.10. The summed E-state index contributed by atoms with van der Waals surface area (Å²) in [7, 11) is 1.68. The Morgan fingerprint density at radius 3 is 2.86 bits per heavy atom. The van der Waals surface area contributed by atoms with Crippen molar-refractivity contribution in [2.45, 2.75) is 6.92 Å². The molecule has 0 aliphatic carbocycles. The van der Waals surface area contributed by atoms with Gasteiger partial charge in [0.25, 0.3) is 0 Å². The second-order valence-electron chi connectivity index (χ2n) is 3.14. The van der Waals surface area contributed by atoms with Crippen molar-refractivity contribution in [3.63, 3.8) is 0 Å². The van der Waals surface area contributed by atoms with E-state index in [4.69, 9.17) is 4.74 Å². The number of halogens is 1. The molecule has 1 aromatic carbocycles. The number of nitrogens with zero attached hydrogens (tertiary/aromatic N) is 1. The Hall–Kier alpha value is -1.09. The van der Waals surface area contributed by atoms with Crippen molar-refractivity contribution in [3.05, 3.63) is 34.6 Å². The van der Waals surface area contributed by atoms with Crippen LogP contribution < -0.4 is 4.74 Å². The maximum absolute atomic E-state index is 5.26. The lowest BCUT2D eigenvalue weighted by Crippen LogP contribution is -1.88. The van der Waals surface area contributed by atoms with Crippen LogP contribution in [0.1, 0.15) is 5.56 Å². The van der Waals surface area contributed by atoms with E-state index in [1.165, 1.54) is 0 Å². The molecular formula is C11H10BrNO. The molecule has 72 valence electrons. The number of hydrogen-bond donors (Lipinski definition) is 0. The Morgan fingerprint density at radius 1 is 1.36 bits per heavy atom. The van der Waals surface area contributed by atoms with Crippen LogP contribution in [0.2, 0.25) is 0 Å². The van der Waals surface area contributed by atoms with Crippen LogP contribution in [0.25, 0.3) is 10.8 Å². The first-order chi connectivity index (χ1) is 6.72. The van der Waals surface area contributed by atoms with Gasteiger partial charge in [-0.05, 0) is 52.0 Å². The molecule has 0 atom stereocenters. The van der Waals surface area contributed by atoms with Gasteiger partial charge < -0.3 is 4.74 Å². The van der Waals surface area contributed by atoms with E-state index in [2.05, 4.69) is 27.0 Å². The van der Waals surface area contributed by atoms with Crippen molar-refractivity contribution < 1.29 is 4.74 Å². The van der Waals surface area contributed by atoms with E-state index in [0.29, 0.717) is 0 Å². The summed E-state index contributed by atoms with van der Waals surface area (Å²) in [6, 6.07) is 6.07. The van der Waals surface area contributed by atoms with Gasteiger partial charge in [0.05, 0.1) is 7.11 Å². The number of aromatic nitrogens is 1. The first-order valence-corrected chi connectivity index (χ1v) is 5.10. The predicted octanol–water partition coefficient (Wildman–Crippen LogP) is 3.31. The summed E-state index contributed by atoms with van der Waals surface area (Å²) >= 11 is 3.43. The third kappa shape index (κ3) is 1.48. The Labute approximate surface area is 91.0 Å². The van der Waals surface area contributed by atoms with E-state index in [1.807, 2.05) is 19.1 Å². The number of aryl methyl sites for hydroxylation is 1. The minimum atomic E-state index is 0.876. The molecule has 0 spiro atoms. The van der Waals surface area contributed by atoms with Crippen LogP contribution in [0.3, 0.4) is 0 Å². The van der Waals surface area contributed by atoms with Gasteiger partial charge in [-0.1, -0.05) is 0 Å². The highest BCUT2D eigenvalue weighted by Gasteiger charge is 2.04. The summed E-state index contributed by atoms with van der Waals surface area (Å²) in [5.41, 5.74) is 1.12. The van der Waals surface area contributed by atoms with E-state index in [-0.39, 0.29) is 0 Å². The van der Waals surface area contributed by atoms with Gasteiger partial charge in [-0.15, -0.1) is 0 Å². The number of methoxy groups -OCH3 is 1.